The van der Waals surface area contributed by atoms with Crippen LogP contribution in [0, 0.1) is 0 Å². The molecule has 108 valence electrons. The predicted octanol–water partition coefficient (Wildman–Crippen LogP) is 3.69. The first-order chi connectivity index (χ1) is 10.1. The summed E-state index contributed by atoms with van der Waals surface area (Å²) in [4.78, 5) is 12.2. The molecule has 21 heavy (non-hydrogen) atoms. The number of para-hydroxylation sites is 1. The summed E-state index contributed by atoms with van der Waals surface area (Å²) >= 11 is 3.32. The number of halogens is 1. The van der Waals surface area contributed by atoms with Crippen LogP contribution in [0.2, 0.25) is 0 Å². The Labute approximate surface area is 131 Å². The third-order valence-electron chi connectivity index (χ3n) is 3.60. The number of rotatable bonds is 3. The molecule has 0 radical (unpaired) electrons. The standard InChI is InChI=1S/C16H15BrN2O2/c17-11-5-6-15(20)14(8-11)19-16(21)7-10-9-18-13-4-2-1-3-12(10)13/h1-6,8,10,18,20H,7,9H2,(H,19,21). The molecule has 1 atom stereocenters. The van der Waals surface area contributed by atoms with Gasteiger partial charge < -0.3 is 15.7 Å². The van der Waals surface area contributed by atoms with Crippen LogP contribution >= 0.6 is 15.9 Å². The molecule has 0 fully saturated rings. The number of nitrogens with one attached hydrogen (secondary N) is 2. The van der Waals surface area contributed by atoms with E-state index in [0.717, 1.165) is 16.7 Å². The Bertz CT molecular complexity index is 688. The maximum atomic E-state index is 12.2. The summed E-state index contributed by atoms with van der Waals surface area (Å²) in [5.41, 5.74) is 2.69. The van der Waals surface area contributed by atoms with E-state index in [2.05, 4.69) is 26.6 Å². The lowest BCUT2D eigenvalue weighted by atomic mass is 9.97. The largest absolute Gasteiger partial charge is 0.506 e. The van der Waals surface area contributed by atoms with Gasteiger partial charge in [0, 0.05) is 29.0 Å². The summed E-state index contributed by atoms with van der Waals surface area (Å²) in [5.74, 6) is 0.124. The average molecular weight is 347 g/mol. The van der Waals surface area contributed by atoms with Crippen molar-refractivity contribution in [1.29, 1.82) is 0 Å². The molecule has 1 aliphatic rings. The highest BCUT2D eigenvalue weighted by molar-refractivity contribution is 9.10. The second-order valence-electron chi connectivity index (χ2n) is 5.08. The summed E-state index contributed by atoms with van der Waals surface area (Å²) in [6.45, 7) is 0.761. The van der Waals surface area contributed by atoms with E-state index < -0.39 is 0 Å². The van der Waals surface area contributed by atoms with Crippen LogP contribution in [0.25, 0.3) is 0 Å². The van der Waals surface area contributed by atoms with Crippen molar-refractivity contribution in [3.05, 3.63) is 52.5 Å². The molecular formula is C16H15BrN2O2. The van der Waals surface area contributed by atoms with Crippen LogP contribution in [-0.4, -0.2) is 17.6 Å². The van der Waals surface area contributed by atoms with Crippen LogP contribution < -0.4 is 10.6 Å². The van der Waals surface area contributed by atoms with Crippen LogP contribution in [0.15, 0.2) is 46.9 Å². The van der Waals surface area contributed by atoms with E-state index in [1.54, 1.807) is 18.2 Å². The van der Waals surface area contributed by atoms with Gasteiger partial charge in [-0.25, -0.2) is 0 Å². The van der Waals surface area contributed by atoms with Gasteiger partial charge in [0.05, 0.1) is 5.69 Å². The molecule has 2 aromatic rings. The first kappa shape index (κ1) is 13.9. The number of phenolic OH excluding ortho intramolecular Hbond substituents is 1. The Morgan fingerprint density at radius 1 is 1.33 bits per heavy atom. The Morgan fingerprint density at radius 3 is 3.00 bits per heavy atom. The van der Waals surface area contributed by atoms with Gasteiger partial charge in [-0.1, -0.05) is 34.1 Å². The van der Waals surface area contributed by atoms with Gasteiger partial charge >= 0.3 is 0 Å². The van der Waals surface area contributed by atoms with Gasteiger partial charge in [0.15, 0.2) is 0 Å². The van der Waals surface area contributed by atoms with Crippen molar-refractivity contribution in [2.45, 2.75) is 12.3 Å². The number of anilines is 2. The minimum absolute atomic E-state index is 0.0662. The Kier molecular flexibility index (Phi) is 3.84. The lowest BCUT2D eigenvalue weighted by Gasteiger charge is -2.12. The molecule has 1 amide bonds. The molecule has 1 aliphatic heterocycles. The number of hydrogen-bond donors (Lipinski definition) is 3. The first-order valence-corrected chi connectivity index (χ1v) is 7.54. The molecule has 0 aromatic heterocycles. The number of phenols is 1. The smallest absolute Gasteiger partial charge is 0.225 e. The van der Waals surface area contributed by atoms with Gasteiger partial charge in [0.1, 0.15) is 5.75 Å². The van der Waals surface area contributed by atoms with Crippen molar-refractivity contribution in [3.8, 4) is 5.75 Å². The summed E-state index contributed by atoms with van der Waals surface area (Å²) in [6.07, 6.45) is 0.385. The third-order valence-corrected chi connectivity index (χ3v) is 4.10. The quantitative estimate of drug-likeness (QED) is 0.742. The number of amides is 1. The van der Waals surface area contributed by atoms with Gasteiger partial charge in [-0.2, -0.15) is 0 Å². The Hall–Kier alpha value is -2.01. The molecular weight excluding hydrogens is 332 g/mol. The number of benzene rings is 2. The molecule has 3 N–H and O–H groups in total. The van der Waals surface area contributed by atoms with Crippen molar-refractivity contribution >= 4 is 33.2 Å². The van der Waals surface area contributed by atoms with Crippen molar-refractivity contribution in [2.75, 3.05) is 17.2 Å². The van der Waals surface area contributed by atoms with Crippen molar-refractivity contribution < 1.29 is 9.90 Å². The molecule has 0 saturated carbocycles. The number of fused-ring (bicyclic) bond motifs is 1. The molecule has 1 unspecified atom stereocenters. The van der Waals surface area contributed by atoms with Crippen molar-refractivity contribution in [3.63, 3.8) is 0 Å². The maximum Gasteiger partial charge on any atom is 0.225 e. The maximum absolute atomic E-state index is 12.2. The molecule has 1 heterocycles. The van der Waals surface area contributed by atoms with Gasteiger partial charge in [-0.3, -0.25) is 4.79 Å². The Morgan fingerprint density at radius 2 is 2.14 bits per heavy atom. The molecule has 0 bridgehead atoms. The zero-order chi connectivity index (χ0) is 14.8. The first-order valence-electron chi connectivity index (χ1n) is 6.74. The Balaban J connectivity index is 1.69. The molecule has 2 aromatic carbocycles. The number of carbonyl (C=O) groups excluding carboxylic acids is 1. The van der Waals surface area contributed by atoms with E-state index in [-0.39, 0.29) is 17.6 Å². The number of aromatic hydroxyl groups is 1. The van der Waals surface area contributed by atoms with E-state index in [0.29, 0.717) is 12.1 Å². The molecule has 5 heteroatoms. The number of hydrogen-bond acceptors (Lipinski definition) is 3. The van der Waals surface area contributed by atoms with Crippen LogP contribution in [-0.2, 0) is 4.79 Å². The minimum Gasteiger partial charge on any atom is -0.506 e. The van der Waals surface area contributed by atoms with Gasteiger partial charge in [-0.05, 0) is 29.8 Å². The van der Waals surface area contributed by atoms with Gasteiger partial charge in [-0.15, -0.1) is 0 Å². The monoisotopic (exact) mass is 346 g/mol. The average Bonchev–Trinajstić information content (AvgIpc) is 2.86. The second kappa shape index (κ2) is 5.77. The summed E-state index contributed by atoms with van der Waals surface area (Å²) < 4.78 is 0.809. The summed E-state index contributed by atoms with van der Waals surface area (Å²) in [7, 11) is 0. The van der Waals surface area contributed by atoms with Gasteiger partial charge in [0.25, 0.3) is 0 Å². The lowest BCUT2D eigenvalue weighted by Crippen LogP contribution is -2.16. The number of carbonyl (C=O) groups is 1. The second-order valence-corrected chi connectivity index (χ2v) is 5.99. The topological polar surface area (TPSA) is 61.4 Å². The molecule has 0 spiro atoms. The highest BCUT2D eigenvalue weighted by atomic mass is 79.9. The van der Waals surface area contributed by atoms with Crippen LogP contribution in [0.3, 0.4) is 0 Å². The third kappa shape index (κ3) is 3.03. The zero-order valence-electron chi connectivity index (χ0n) is 11.3. The highest BCUT2D eigenvalue weighted by Gasteiger charge is 2.24. The minimum atomic E-state index is -0.105. The van der Waals surface area contributed by atoms with E-state index in [9.17, 15) is 9.90 Å². The summed E-state index contributed by atoms with van der Waals surface area (Å²) in [5, 5.41) is 15.8. The van der Waals surface area contributed by atoms with E-state index in [1.165, 1.54) is 5.56 Å². The van der Waals surface area contributed by atoms with Crippen molar-refractivity contribution in [1.82, 2.24) is 0 Å². The highest BCUT2D eigenvalue weighted by Crippen LogP contribution is 2.34. The van der Waals surface area contributed by atoms with E-state index in [1.807, 2.05) is 24.3 Å². The fourth-order valence-electron chi connectivity index (χ4n) is 2.57. The zero-order valence-corrected chi connectivity index (χ0v) is 12.9. The van der Waals surface area contributed by atoms with Crippen LogP contribution in [0.1, 0.15) is 17.9 Å². The molecule has 0 aliphatic carbocycles. The molecule has 4 nitrogen and oxygen atoms in total. The normalized spacial score (nSPS) is 16.1. The lowest BCUT2D eigenvalue weighted by molar-refractivity contribution is -0.116. The SMILES string of the molecule is O=C(CC1CNc2ccccc21)Nc1cc(Br)ccc1O. The van der Waals surface area contributed by atoms with E-state index in [4.69, 9.17) is 0 Å². The summed E-state index contributed by atoms with van der Waals surface area (Å²) in [6, 6.07) is 13.0. The fourth-order valence-corrected chi connectivity index (χ4v) is 2.93. The van der Waals surface area contributed by atoms with Gasteiger partial charge in [0.2, 0.25) is 5.91 Å². The van der Waals surface area contributed by atoms with Crippen molar-refractivity contribution in [2.24, 2.45) is 0 Å². The van der Waals surface area contributed by atoms with E-state index >= 15 is 0 Å². The fraction of sp³-hybridized carbons (Fsp3) is 0.188. The van der Waals surface area contributed by atoms with Crippen LogP contribution in [0.5, 0.6) is 5.75 Å². The predicted molar refractivity (Wildman–Crippen MR) is 86.7 cm³/mol. The molecule has 0 saturated heterocycles. The molecule has 3 rings (SSSR count). The van der Waals surface area contributed by atoms with Crippen LogP contribution in [0.4, 0.5) is 11.4 Å².